The molecule has 0 saturated carbocycles. The van der Waals surface area contributed by atoms with Gasteiger partial charge in [0.2, 0.25) is 0 Å². The van der Waals surface area contributed by atoms with Crippen LogP contribution in [0.4, 0.5) is 0 Å². The van der Waals surface area contributed by atoms with Gasteiger partial charge >= 0.3 is 5.97 Å². The molecule has 0 aromatic heterocycles. The van der Waals surface area contributed by atoms with Crippen LogP contribution in [0.2, 0.25) is 0 Å². The SMILES string of the molecule is COc1cccc(C(=O)NCCCCCC(=O)O)c1O. The minimum absolute atomic E-state index is 0.143. The highest BCUT2D eigenvalue weighted by Crippen LogP contribution is 2.29. The van der Waals surface area contributed by atoms with E-state index in [1.165, 1.54) is 13.2 Å². The fraction of sp³-hybridized carbons (Fsp3) is 0.429. The number of methoxy groups -OCH3 is 1. The fourth-order valence-corrected chi connectivity index (χ4v) is 1.75. The van der Waals surface area contributed by atoms with Crippen molar-refractivity contribution >= 4 is 11.9 Å². The molecule has 0 unspecified atom stereocenters. The van der Waals surface area contributed by atoms with Crippen LogP contribution >= 0.6 is 0 Å². The van der Waals surface area contributed by atoms with Crippen LogP contribution in [-0.2, 0) is 4.79 Å². The summed E-state index contributed by atoms with van der Waals surface area (Å²) in [6, 6.07) is 4.70. The van der Waals surface area contributed by atoms with E-state index >= 15 is 0 Å². The monoisotopic (exact) mass is 281 g/mol. The van der Waals surface area contributed by atoms with Crippen LogP contribution in [0.15, 0.2) is 18.2 Å². The van der Waals surface area contributed by atoms with Crippen molar-refractivity contribution < 1.29 is 24.5 Å². The van der Waals surface area contributed by atoms with Crippen LogP contribution in [0, 0.1) is 0 Å². The van der Waals surface area contributed by atoms with E-state index in [4.69, 9.17) is 9.84 Å². The van der Waals surface area contributed by atoms with Crippen molar-refractivity contribution in [3.8, 4) is 11.5 Å². The first-order valence-corrected chi connectivity index (χ1v) is 6.42. The van der Waals surface area contributed by atoms with Crippen LogP contribution in [0.1, 0.15) is 36.0 Å². The molecule has 6 heteroatoms. The summed E-state index contributed by atoms with van der Waals surface area (Å²) in [4.78, 5) is 22.2. The summed E-state index contributed by atoms with van der Waals surface area (Å²) in [5.74, 6) is -1.12. The normalized spacial score (nSPS) is 10.1. The van der Waals surface area contributed by atoms with Crippen molar-refractivity contribution in [2.24, 2.45) is 0 Å². The van der Waals surface area contributed by atoms with E-state index < -0.39 is 5.97 Å². The number of carbonyl (C=O) groups is 2. The molecule has 3 N–H and O–H groups in total. The number of amides is 1. The zero-order valence-electron chi connectivity index (χ0n) is 11.4. The van der Waals surface area contributed by atoms with Crippen molar-refractivity contribution in [1.29, 1.82) is 0 Å². The third-order valence-electron chi connectivity index (χ3n) is 2.82. The lowest BCUT2D eigenvalue weighted by molar-refractivity contribution is -0.137. The number of rotatable bonds is 8. The molecule has 1 amide bonds. The van der Waals surface area contributed by atoms with Gasteiger partial charge in [-0.1, -0.05) is 12.5 Å². The second kappa shape index (κ2) is 8.04. The van der Waals surface area contributed by atoms with Crippen molar-refractivity contribution in [2.45, 2.75) is 25.7 Å². The fourth-order valence-electron chi connectivity index (χ4n) is 1.75. The second-order valence-corrected chi connectivity index (χ2v) is 4.32. The Morgan fingerprint density at radius 3 is 2.65 bits per heavy atom. The Hall–Kier alpha value is -2.24. The van der Waals surface area contributed by atoms with E-state index in [0.717, 1.165) is 6.42 Å². The van der Waals surface area contributed by atoms with Crippen LogP contribution < -0.4 is 10.1 Å². The van der Waals surface area contributed by atoms with E-state index in [0.29, 0.717) is 19.4 Å². The maximum absolute atomic E-state index is 11.9. The van der Waals surface area contributed by atoms with Crippen LogP contribution in [0.25, 0.3) is 0 Å². The highest BCUT2D eigenvalue weighted by Gasteiger charge is 2.13. The zero-order valence-corrected chi connectivity index (χ0v) is 11.4. The van der Waals surface area contributed by atoms with E-state index in [9.17, 15) is 14.7 Å². The first-order chi connectivity index (χ1) is 9.56. The Bertz CT molecular complexity index is 473. The molecule has 0 radical (unpaired) electrons. The summed E-state index contributed by atoms with van der Waals surface area (Å²) < 4.78 is 4.93. The van der Waals surface area contributed by atoms with Gasteiger partial charge < -0.3 is 20.3 Å². The number of hydrogen-bond acceptors (Lipinski definition) is 4. The molecule has 0 fully saturated rings. The van der Waals surface area contributed by atoms with Crippen molar-refractivity contribution in [1.82, 2.24) is 5.32 Å². The number of para-hydroxylation sites is 1. The standard InChI is InChI=1S/C14H19NO5/c1-20-11-7-5-6-10(13(11)18)14(19)15-9-4-2-3-8-12(16)17/h5-7,18H,2-4,8-9H2,1H3,(H,15,19)(H,16,17). The highest BCUT2D eigenvalue weighted by molar-refractivity contribution is 5.97. The molecule has 0 aliphatic carbocycles. The molecule has 1 aromatic carbocycles. The number of nitrogens with one attached hydrogen (secondary N) is 1. The predicted octanol–water partition coefficient (Wildman–Crippen LogP) is 1.78. The third-order valence-corrected chi connectivity index (χ3v) is 2.82. The Balaban J connectivity index is 2.38. The number of aliphatic carboxylic acids is 1. The van der Waals surface area contributed by atoms with Gasteiger partial charge in [-0.25, -0.2) is 0 Å². The van der Waals surface area contributed by atoms with Gasteiger partial charge in [-0.15, -0.1) is 0 Å². The summed E-state index contributed by atoms with van der Waals surface area (Å²) >= 11 is 0. The maximum Gasteiger partial charge on any atom is 0.303 e. The Kier molecular flexibility index (Phi) is 6.36. The number of carboxylic acids is 1. The summed E-state index contributed by atoms with van der Waals surface area (Å²) in [5, 5.41) is 21.0. The molecule has 0 aliphatic heterocycles. The van der Waals surface area contributed by atoms with Gasteiger partial charge in [-0.05, 0) is 25.0 Å². The highest BCUT2D eigenvalue weighted by atomic mass is 16.5. The quantitative estimate of drug-likeness (QED) is 0.631. The molecule has 20 heavy (non-hydrogen) atoms. The number of carbonyl (C=O) groups excluding carboxylic acids is 1. The first-order valence-electron chi connectivity index (χ1n) is 6.42. The van der Waals surface area contributed by atoms with Gasteiger partial charge in [-0.2, -0.15) is 0 Å². The van der Waals surface area contributed by atoms with Gasteiger partial charge in [0.15, 0.2) is 11.5 Å². The molecular weight excluding hydrogens is 262 g/mol. The molecule has 0 aliphatic rings. The number of ether oxygens (including phenoxy) is 1. The summed E-state index contributed by atoms with van der Waals surface area (Å²) in [6.07, 6.45) is 2.17. The molecule has 1 rings (SSSR count). The topological polar surface area (TPSA) is 95.9 Å². The van der Waals surface area contributed by atoms with Crippen molar-refractivity contribution in [3.05, 3.63) is 23.8 Å². The number of benzene rings is 1. The minimum Gasteiger partial charge on any atom is -0.504 e. The average Bonchev–Trinajstić information content (AvgIpc) is 2.42. The lowest BCUT2D eigenvalue weighted by Gasteiger charge is -2.09. The lowest BCUT2D eigenvalue weighted by atomic mass is 10.1. The minimum atomic E-state index is -0.810. The Morgan fingerprint density at radius 2 is 2.00 bits per heavy atom. The number of carboxylic acid groups (broad SMARTS) is 1. The third kappa shape index (κ3) is 4.79. The average molecular weight is 281 g/mol. The van der Waals surface area contributed by atoms with E-state index in [1.807, 2.05) is 0 Å². The van der Waals surface area contributed by atoms with Crippen LogP contribution in [-0.4, -0.2) is 35.7 Å². The largest absolute Gasteiger partial charge is 0.504 e. The number of aromatic hydroxyl groups is 1. The smallest absolute Gasteiger partial charge is 0.303 e. The summed E-state index contributed by atoms with van der Waals surface area (Å²) in [5.41, 5.74) is 0.162. The van der Waals surface area contributed by atoms with Gasteiger partial charge in [0.1, 0.15) is 0 Å². The predicted molar refractivity (Wildman–Crippen MR) is 73.1 cm³/mol. The van der Waals surface area contributed by atoms with Crippen LogP contribution in [0.3, 0.4) is 0 Å². The summed E-state index contributed by atoms with van der Waals surface area (Å²) in [7, 11) is 1.42. The lowest BCUT2D eigenvalue weighted by Crippen LogP contribution is -2.24. The van der Waals surface area contributed by atoms with Crippen molar-refractivity contribution in [2.75, 3.05) is 13.7 Å². The molecule has 110 valence electrons. The van der Waals surface area contributed by atoms with E-state index in [1.54, 1.807) is 12.1 Å². The molecule has 1 aromatic rings. The van der Waals surface area contributed by atoms with Gasteiger partial charge in [-0.3, -0.25) is 9.59 Å². The number of hydrogen-bond donors (Lipinski definition) is 3. The maximum atomic E-state index is 11.9. The molecule has 0 spiro atoms. The van der Waals surface area contributed by atoms with Gasteiger partial charge in [0.05, 0.1) is 12.7 Å². The molecule has 6 nitrogen and oxygen atoms in total. The summed E-state index contributed by atoms with van der Waals surface area (Å²) in [6.45, 7) is 0.440. The van der Waals surface area contributed by atoms with E-state index in [2.05, 4.69) is 5.32 Å². The van der Waals surface area contributed by atoms with E-state index in [-0.39, 0.29) is 29.4 Å². The molecule has 0 atom stereocenters. The number of phenols is 1. The second-order valence-electron chi connectivity index (χ2n) is 4.32. The molecule has 0 saturated heterocycles. The van der Waals surface area contributed by atoms with Gasteiger partial charge in [0.25, 0.3) is 5.91 Å². The van der Waals surface area contributed by atoms with Crippen LogP contribution in [0.5, 0.6) is 11.5 Å². The molecule has 0 heterocycles. The molecule has 0 bridgehead atoms. The zero-order chi connectivity index (χ0) is 15.0. The first kappa shape index (κ1) is 15.8. The number of phenolic OH excluding ortho intramolecular Hbond substituents is 1. The Labute approximate surface area is 117 Å². The Morgan fingerprint density at radius 1 is 1.25 bits per heavy atom. The number of unbranched alkanes of at least 4 members (excludes halogenated alkanes) is 2. The van der Waals surface area contributed by atoms with Crippen molar-refractivity contribution in [3.63, 3.8) is 0 Å². The van der Waals surface area contributed by atoms with Gasteiger partial charge in [0, 0.05) is 13.0 Å². The molecular formula is C14H19NO5.